The molecule has 5 nitrogen and oxygen atoms in total. The second kappa shape index (κ2) is 4.21. The summed E-state index contributed by atoms with van der Waals surface area (Å²) in [4.78, 5) is 10.6. The van der Waals surface area contributed by atoms with E-state index in [1.165, 1.54) is 6.92 Å². The van der Waals surface area contributed by atoms with Crippen molar-refractivity contribution < 1.29 is 14.6 Å². The van der Waals surface area contributed by atoms with Crippen molar-refractivity contribution in [2.24, 2.45) is 11.5 Å². The molecule has 0 rings (SSSR count). The number of hydrogen-bond donors (Lipinski definition) is 3. The zero-order chi connectivity index (χ0) is 8.15. The van der Waals surface area contributed by atoms with Gasteiger partial charge in [0, 0.05) is 0 Å². The molecule has 0 unspecified atom stereocenters. The van der Waals surface area contributed by atoms with Crippen molar-refractivity contribution in [1.29, 1.82) is 0 Å². The van der Waals surface area contributed by atoms with Crippen LogP contribution in [0.5, 0.6) is 0 Å². The number of ether oxygens (including phenoxy) is 1. The van der Waals surface area contributed by atoms with E-state index in [1.54, 1.807) is 0 Å². The van der Waals surface area contributed by atoms with Gasteiger partial charge in [-0.2, -0.15) is 0 Å². The van der Waals surface area contributed by atoms with Gasteiger partial charge in [-0.05, 0) is 6.92 Å². The van der Waals surface area contributed by atoms with Crippen molar-refractivity contribution >= 4 is 5.97 Å². The van der Waals surface area contributed by atoms with Crippen molar-refractivity contribution in [3.8, 4) is 0 Å². The summed E-state index contributed by atoms with van der Waals surface area (Å²) in [5.41, 5.74) is 10.1. The zero-order valence-electron chi connectivity index (χ0n) is 5.78. The molecule has 60 valence electrons. The molecule has 0 heterocycles. The molecular weight excluding hydrogens is 136 g/mol. The third-order valence-electron chi connectivity index (χ3n) is 1.02. The minimum absolute atomic E-state index is 0.209. The third kappa shape index (κ3) is 2.77. The smallest absolute Gasteiger partial charge is 0.326 e. The summed E-state index contributed by atoms with van der Waals surface area (Å²) in [6.45, 7) is 1.20. The van der Waals surface area contributed by atoms with Gasteiger partial charge in [-0.3, -0.25) is 10.5 Å². The number of aliphatic hydroxyl groups excluding tert-OH is 1. The van der Waals surface area contributed by atoms with E-state index in [2.05, 4.69) is 4.74 Å². The topological polar surface area (TPSA) is 98.6 Å². The Kier molecular flexibility index (Phi) is 3.94. The highest BCUT2D eigenvalue weighted by atomic mass is 16.5. The first-order chi connectivity index (χ1) is 4.59. The first-order valence-electron chi connectivity index (χ1n) is 2.90. The lowest BCUT2D eigenvalue weighted by molar-refractivity contribution is -0.147. The maximum absolute atomic E-state index is 10.6. The van der Waals surface area contributed by atoms with E-state index in [4.69, 9.17) is 16.6 Å². The molecule has 0 aliphatic carbocycles. The Balaban J connectivity index is 3.71. The van der Waals surface area contributed by atoms with Crippen molar-refractivity contribution in [1.82, 2.24) is 0 Å². The quantitative estimate of drug-likeness (QED) is 0.322. The molecule has 0 spiro atoms. The molecule has 5 N–H and O–H groups in total. The van der Waals surface area contributed by atoms with Crippen LogP contribution in [-0.4, -0.2) is 30.0 Å². The summed E-state index contributed by atoms with van der Waals surface area (Å²) in [7, 11) is 0. The summed E-state index contributed by atoms with van der Waals surface area (Å²) in [5, 5.41) is 8.75. The zero-order valence-corrected chi connectivity index (χ0v) is 5.78. The molecule has 0 fully saturated rings. The number of carbonyl (C=O) groups excluding carboxylic acids is 1. The van der Waals surface area contributed by atoms with Crippen molar-refractivity contribution in [2.75, 3.05) is 6.73 Å². The van der Waals surface area contributed by atoms with Crippen LogP contribution in [0.2, 0.25) is 0 Å². The first kappa shape index (κ1) is 9.35. The Bertz CT molecular complexity index is 115. The number of rotatable bonds is 3. The van der Waals surface area contributed by atoms with Crippen LogP contribution < -0.4 is 11.5 Å². The fraction of sp³-hybridized carbons (Fsp3) is 0.800. The number of hydrogen-bond acceptors (Lipinski definition) is 5. The van der Waals surface area contributed by atoms with Crippen molar-refractivity contribution in [3.05, 3.63) is 0 Å². The number of carbonyl (C=O) groups is 1. The summed E-state index contributed by atoms with van der Waals surface area (Å²) < 4.78 is 4.32. The molecule has 0 radical (unpaired) electrons. The van der Waals surface area contributed by atoms with Crippen LogP contribution in [0.3, 0.4) is 0 Å². The second-order valence-electron chi connectivity index (χ2n) is 1.90. The summed E-state index contributed by atoms with van der Waals surface area (Å²) in [6.07, 6.45) is -0.904. The highest BCUT2D eigenvalue weighted by molar-refractivity contribution is 5.76. The number of aliphatic hydroxyl groups is 1. The Labute approximate surface area is 58.9 Å². The van der Waals surface area contributed by atoms with Crippen LogP contribution in [0.25, 0.3) is 0 Å². The SMILES string of the molecule is C[C@@H](O)[C@H](N)C(=O)OCN. The first-order valence-corrected chi connectivity index (χ1v) is 2.90. The average Bonchev–Trinajstić information content (AvgIpc) is 1.87. The maximum Gasteiger partial charge on any atom is 0.326 e. The van der Waals surface area contributed by atoms with Gasteiger partial charge in [0.15, 0.2) is 0 Å². The molecule has 0 amide bonds. The second-order valence-corrected chi connectivity index (χ2v) is 1.90. The fourth-order valence-electron chi connectivity index (χ4n) is 0.375. The number of esters is 1. The summed E-state index contributed by atoms with van der Waals surface area (Å²) in [6, 6.07) is -0.997. The minimum Gasteiger partial charge on any atom is -0.449 e. The normalized spacial score (nSPS) is 16.0. The summed E-state index contributed by atoms with van der Waals surface area (Å²) in [5.74, 6) is -0.683. The molecule has 0 aromatic carbocycles. The molecule has 0 saturated heterocycles. The van der Waals surface area contributed by atoms with E-state index in [9.17, 15) is 4.79 Å². The Morgan fingerprint density at radius 1 is 1.80 bits per heavy atom. The van der Waals surface area contributed by atoms with E-state index in [0.717, 1.165) is 0 Å². The highest BCUT2D eigenvalue weighted by Crippen LogP contribution is 1.90. The fourth-order valence-corrected chi connectivity index (χ4v) is 0.375. The Hall–Kier alpha value is -0.650. The van der Waals surface area contributed by atoms with Crippen molar-refractivity contribution in [3.63, 3.8) is 0 Å². The van der Waals surface area contributed by atoms with Crippen LogP contribution >= 0.6 is 0 Å². The molecule has 2 atom stereocenters. The highest BCUT2D eigenvalue weighted by Gasteiger charge is 2.19. The number of nitrogens with two attached hydrogens (primary N) is 2. The van der Waals surface area contributed by atoms with Gasteiger partial charge >= 0.3 is 5.97 Å². The van der Waals surface area contributed by atoms with Gasteiger partial charge in [-0.15, -0.1) is 0 Å². The molecule has 5 heteroatoms. The van der Waals surface area contributed by atoms with E-state index >= 15 is 0 Å². The van der Waals surface area contributed by atoms with Gasteiger partial charge in [0.1, 0.15) is 12.8 Å². The van der Waals surface area contributed by atoms with Crippen LogP contribution in [0.1, 0.15) is 6.92 Å². The largest absolute Gasteiger partial charge is 0.449 e. The predicted octanol–water partition coefficient (Wildman–Crippen LogP) is -1.85. The van der Waals surface area contributed by atoms with Crippen LogP contribution in [0.15, 0.2) is 0 Å². The van der Waals surface area contributed by atoms with Crippen LogP contribution in [0, 0.1) is 0 Å². The lowest BCUT2D eigenvalue weighted by Gasteiger charge is -2.11. The van der Waals surface area contributed by atoms with Gasteiger partial charge in [-0.25, -0.2) is 0 Å². The van der Waals surface area contributed by atoms with Gasteiger partial charge < -0.3 is 15.6 Å². The van der Waals surface area contributed by atoms with Gasteiger partial charge in [-0.1, -0.05) is 0 Å². The molecular formula is C5H12N2O3. The Morgan fingerprint density at radius 3 is 2.60 bits per heavy atom. The monoisotopic (exact) mass is 148 g/mol. The molecule has 10 heavy (non-hydrogen) atoms. The van der Waals surface area contributed by atoms with Crippen LogP contribution in [-0.2, 0) is 9.53 Å². The molecule has 0 bridgehead atoms. The average molecular weight is 148 g/mol. The van der Waals surface area contributed by atoms with Crippen LogP contribution in [0.4, 0.5) is 0 Å². The molecule has 0 saturated carbocycles. The lowest BCUT2D eigenvalue weighted by atomic mass is 10.2. The molecule has 0 aromatic rings. The standard InChI is InChI=1S/C5H12N2O3/c1-3(8)4(7)5(9)10-2-6/h3-4,8H,2,6-7H2,1H3/t3-,4+/m1/s1. The van der Waals surface area contributed by atoms with E-state index in [1.807, 2.05) is 0 Å². The van der Waals surface area contributed by atoms with E-state index < -0.39 is 18.1 Å². The minimum atomic E-state index is -0.997. The van der Waals surface area contributed by atoms with Gasteiger partial charge in [0.05, 0.1) is 6.10 Å². The third-order valence-corrected chi connectivity index (χ3v) is 1.02. The summed E-state index contributed by atoms with van der Waals surface area (Å²) >= 11 is 0. The Morgan fingerprint density at radius 2 is 2.30 bits per heavy atom. The van der Waals surface area contributed by atoms with E-state index in [0.29, 0.717) is 0 Å². The predicted molar refractivity (Wildman–Crippen MR) is 34.8 cm³/mol. The van der Waals surface area contributed by atoms with E-state index in [-0.39, 0.29) is 6.73 Å². The maximum atomic E-state index is 10.6. The molecule has 0 aliphatic heterocycles. The molecule has 0 aromatic heterocycles. The van der Waals surface area contributed by atoms with Gasteiger partial charge in [0.25, 0.3) is 0 Å². The van der Waals surface area contributed by atoms with Gasteiger partial charge in [0.2, 0.25) is 0 Å². The van der Waals surface area contributed by atoms with Crippen molar-refractivity contribution in [2.45, 2.75) is 19.1 Å². The lowest BCUT2D eigenvalue weighted by Crippen LogP contribution is -2.42. The molecule has 0 aliphatic rings.